The molecule has 118 valence electrons. The van der Waals surface area contributed by atoms with E-state index in [1.54, 1.807) is 6.21 Å². The minimum atomic E-state index is 0.449. The summed E-state index contributed by atoms with van der Waals surface area (Å²) in [7, 11) is 0. The van der Waals surface area contributed by atoms with Crippen molar-refractivity contribution in [1.82, 2.24) is 0 Å². The number of rotatable bonds is 3. The van der Waals surface area contributed by atoms with Crippen LogP contribution < -0.4 is 0 Å². The molecule has 1 heteroatoms. The Morgan fingerprint density at radius 2 is 1.48 bits per heavy atom. The Morgan fingerprint density at radius 3 is 2.04 bits per heavy atom. The second kappa shape index (κ2) is 7.79. The van der Waals surface area contributed by atoms with Crippen molar-refractivity contribution < 1.29 is 0 Å². The standard InChI is InChI=1S/C22H25N/c1-16(2)20-13-8-14-21(17(3)4)22(20)23-15-9-12-19-11-7-6-10-18(19)5/h6-8,10-11,13-17H,1-5H3. The van der Waals surface area contributed by atoms with Gasteiger partial charge in [-0.05, 0) is 47.4 Å². The molecule has 0 aliphatic rings. The first kappa shape index (κ1) is 17.0. The van der Waals surface area contributed by atoms with Crippen LogP contribution in [-0.2, 0) is 0 Å². The lowest BCUT2D eigenvalue weighted by Gasteiger charge is -2.15. The van der Waals surface area contributed by atoms with E-state index < -0.39 is 0 Å². The van der Waals surface area contributed by atoms with Crippen molar-refractivity contribution in [3.05, 3.63) is 64.7 Å². The highest BCUT2D eigenvalue weighted by Crippen LogP contribution is 2.34. The predicted molar refractivity (Wildman–Crippen MR) is 101 cm³/mol. The number of nitrogens with zero attached hydrogens (tertiary/aromatic N) is 1. The van der Waals surface area contributed by atoms with Crippen LogP contribution in [0.5, 0.6) is 0 Å². The van der Waals surface area contributed by atoms with E-state index >= 15 is 0 Å². The van der Waals surface area contributed by atoms with Gasteiger partial charge in [0.25, 0.3) is 0 Å². The Bertz CT molecular complexity index is 729. The minimum absolute atomic E-state index is 0.449. The number of aliphatic imine (C=N–C) groups is 1. The molecule has 0 heterocycles. The number of para-hydroxylation sites is 1. The van der Waals surface area contributed by atoms with Gasteiger partial charge in [-0.15, -0.1) is 0 Å². The highest BCUT2D eigenvalue weighted by Gasteiger charge is 2.12. The fourth-order valence-corrected chi connectivity index (χ4v) is 2.58. The molecule has 2 rings (SSSR count). The molecule has 0 aromatic heterocycles. The van der Waals surface area contributed by atoms with Gasteiger partial charge in [-0.1, -0.05) is 70.0 Å². The fraction of sp³-hybridized carbons (Fsp3) is 0.318. The van der Waals surface area contributed by atoms with Crippen molar-refractivity contribution in [3.8, 4) is 11.8 Å². The summed E-state index contributed by atoms with van der Waals surface area (Å²) in [6.45, 7) is 10.9. The Balaban J connectivity index is 2.35. The predicted octanol–water partition coefficient (Wildman–Crippen LogP) is 6.00. The van der Waals surface area contributed by atoms with E-state index in [-0.39, 0.29) is 0 Å². The Kier molecular flexibility index (Phi) is 5.77. The normalized spacial score (nSPS) is 11.1. The third kappa shape index (κ3) is 4.33. The molecule has 0 saturated heterocycles. The Labute approximate surface area is 140 Å². The van der Waals surface area contributed by atoms with Crippen LogP contribution in [-0.4, -0.2) is 6.21 Å². The van der Waals surface area contributed by atoms with E-state index in [0.717, 1.165) is 11.3 Å². The summed E-state index contributed by atoms with van der Waals surface area (Å²) in [5.41, 5.74) is 5.89. The summed E-state index contributed by atoms with van der Waals surface area (Å²) in [5.74, 6) is 7.16. The largest absolute Gasteiger partial charge is 0.247 e. The van der Waals surface area contributed by atoms with Crippen LogP contribution in [0.15, 0.2) is 47.5 Å². The zero-order valence-corrected chi connectivity index (χ0v) is 14.7. The summed E-state index contributed by atoms with van der Waals surface area (Å²) >= 11 is 0. The van der Waals surface area contributed by atoms with Crippen LogP contribution in [0.25, 0.3) is 0 Å². The van der Waals surface area contributed by atoms with Gasteiger partial charge in [-0.3, -0.25) is 0 Å². The molecular formula is C22H25N. The van der Waals surface area contributed by atoms with E-state index in [9.17, 15) is 0 Å². The van der Waals surface area contributed by atoms with Crippen molar-refractivity contribution in [3.63, 3.8) is 0 Å². The lowest BCUT2D eigenvalue weighted by atomic mass is 9.93. The van der Waals surface area contributed by atoms with Gasteiger partial charge < -0.3 is 0 Å². The van der Waals surface area contributed by atoms with Gasteiger partial charge in [0.2, 0.25) is 0 Å². The molecule has 0 saturated carbocycles. The highest BCUT2D eigenvalue weighted by molar-refractivity contribution is 5.83. The van der Waals surface area contributed by atoms with Crippen molar-refractivity contribution in [2.24, 2.45) is 4.99 Å². The average molecular weight is 303 g/mol. The summed E-state index contributed by atoms with van der Waals surface area (Å²) in [4.78, 5) is 4.69. The SMILES string of the molecule is Cc1ccccc1C#CC=Nc1c(C(C)C)cccc1C(C)C. The van der Waals surface area contributed by atoms with E-state index in [1.165, 1.54) is 16.7 Å². The van der Waals surface area contributed by atoms with Crippen LogP contribution in [0, 0.1) is 18.8 Å². The Morgan fingerprint density at radius 1 is 0.870 bits per heavy atom. The molecule has 0 fully saturated rings. The van der Waals surface area contributed by atoms with Gasteiger partial charge in [0, 0.05) is 5.56 Å². The first-order chi connectivity index (χ1) is 11.0. The fourth-order valence-electron chi connectivity index (χ4n) is 2.58. The van der Waals surface area contributed by atoms with E-state index in [0.29, 0.717) is 11.8 Å². The van der Waals surface area contributed by atoms with Crippen LogP contribution in [0.2, 0.25) is 0 Å². The van der Waals surface area contributed by atoms with E-state index in [4.69, 9.17) is 4.99 Å². The van der Waals surface area contributed by atoms with Crippen LogP contribution in [0.3, 0.4) is 0 Å². The van der Waals surface area contributed by atoms with Gasteiger partial charge in [0.05, 0.1) is 11.9 Å². The van der Waals surface area contributed by atoms with Crippen molar-refractivity contribution >= 4 is 11.9 Å². The quantitative estimate of drug-likeness (QED) is 0.487. The molecule has 23 heavy (non-hydrogen) atoms. The van der Waals surface area contributed by atoms with E-state index in [2.05, 4.69) is 70.7 Å². The molecule has 0 unspecified atom stereocenters. The monoisotopic (exact) mass is 303 g/mol. The lowest BCUT2D eigenvalue weighted by Crippen LogP contribution is -1.95. The topological polar surface area (TPSA) is 12.4 Å². The molecule has 0 bridgehead atoms. The zero-order chi connectivity index (χ0) is 16.8. The molecule has 0 aliphatic heterocycles. The third-order valence-electron chi connectivity index (χ3n) is 3.95. The van der Waals surface area contributed by atoms with Gasteiger partial charge in [-0.2, -0.15) is 0 Å². The highest BCUT2D eigenvalue weighted by atomic mass is 14.7. The summed E-state index contributed by atoms with van der Waals surface area (Å²) in [6.07, 6.45) is 1.74. The number of hydrogen-bond donors (Lipinski definition) is 0. The summed E-state index contributed by atoms with van der Waals surface area (Å²) < 4.78 is 0. The number of aryl methyl sites for hydroxylation is 1. The average Bonchev–Trinajstić information content (AvgIpc) is 2.52. The number of hydrogen-bond acceptors (Lipinski definition) is 1. The maximum atomic E-state index is 4.69. The minimum Gasteiger partial charge on any atom is -0.247 e. The van der Waals surface area contributed by atoms with Crippen molar-refractivity contribution in [1.29, 1.82) is 0 Å². The molecule has 2 aromatic carbocycles. The molecule has 1 nitrogen and oxygen atoms in total. The van der Waals surface area contributed by atoms with Gasteiger partial charge >= 0.3 is 0 Å². The molecule has 0 aliphatic carbocycles. The Hall–Kier alpha value is -2.33. The maximum absolute atomic E-state index is 4.69. The summed E-state index contributed by atoms with van der Waals surface area (Å²) in [6, 6.07) is 14.6. The van der Waals surface area contributed by atoms with Crippen LogP contribution in [0.4, 0.5) is 5.69 Å². The zero-order valence-electron chi connectivity index (χ0n) is 14.7. The first-order valence-electron chi connectivity index (χ1n) is 8.23. The molecule has 2 aromatic rings. The molecule has 0 radical (unpaired) electrons. The molecule has 0 atom stereocenters. The second-order valence-electron chi connectivity index (χ2n) is 6.44. The van der Waals surface area contributed by atoms with Gasteiger partial charge in [-0.25, -0.2) is 4.99 Å². The summed E-state index contributed by atoms with van der Waals surface area (Å²) in [5, 5.41) is 0. The smallest absolute Gasteiger partial charge is 0.0777 e. The van der Waals surface area contributed by atoms with Crippen LogP contribution in [0.1, 0.15) is 61.8 Å². The lowest BCUT2D eigenvalue weighted by molar-refractivity contribution is 0.835. The first-order valence-corrected chi connectivity index (χ1v) is 8.23. The van der Waals surface area contributed by atoms with Gasteiger partial charge in [0.1, 0.15) is 0 Å². The number of benzene rings is 2. The van der Waals surface area contributed by atoms with Crippen LogP contribution >= 0.6 is 0 Å². The molecular weight excluding hydrogens is 278 g/mol. The molecule has 0 N–H and O–H groups in total. The van der Waals surface area contributed by atoms with Crippen molar-refractivity contribution in [2.45, 2.75) is 46.5 Å². The van der Waals surface area contributed by atoms with Crippen molar-refractivity contribution in [2.75, 3.05) is 0 Å². The third-order valence-corrected chi connectivity index (χ3v) is 3.95. The van der Waals surface area contributed by atoms with Gasteiger partial charge in [0.15, 0.2) is 0 Å². The maximum Gasteiger partial charge on any atom is 0.0777 e. The van der Waals surface area contributed by atoms with E-state index in [1.807, 2.05) is 18.2 Å². The molecule has 0 spiro atoms. The molecule has 0 amide bonds. The second-order valence-corrected chi connectivity index (χ2v) is 6.44.